The Balaban J connectivity index is -0.00000113. The number of unbranched alkanes of at least 4 members (excludes halogenated alkanes) is 6. The molecule has 160 valence electrons. The van der Waals surface area contributed by atoms with Gasteiger partial charge in [0.1, 0.15) is 14.9 Å². The molecule has 0 spiro atoms. The van der Waals surface area contributed by atoms with Gasteiger partial charge in [0.2, 0.25) is 0 Å². The topological polar surface area (TPSA) is 137 Å². The summed E-state index contributed by atoms with van der Waals surface area (Å²) >= 11 is 0. The third-order valence-electron chi connectivity index (χ3n) is 5.11. The summed E-state index contributed by atoms with van der Waals surface area (Å²) in [6.45, 7) is 5.88. The van der Waals surface area contributed by atoms with Gasteiger partial charge in [-0.05, 0) is 24.7 Å². The van der Waals surface area contributed by atoms with Crippen molar-refractivity contribution < 1.29 is 121 Å². The van der Waals surface area contributed by atoms with Gasteiger partial charge in [-0.25, -0.2) is 8.42 Å². The molecule has 2 unspecified atom stereocenters. The van der Waals surface area contributed by atoms with Crippen molar-refractivity contribution in [3.05, 3.63) is 0 Å². The minimum Gasteiger partial charge on any atom is -0.747 e. The van der Waals surface area contributed by atoms with Crippen molar-refractivity contribution in [2.24, 2.45) is 11.8 Å². The fraction of sp³-hybridized carbons (Fsp3) is 0.895. The second-order valence-electron chi connectivity index (χ2n) is 7.76. The first kappa shape index (κ1) is 39.1. The zero-order valence-corrected chi connectivity index (χ0v) is 26.5. The molecule has 0 aliphatic heterocycles. The van der Waals surface area contributed by atoms with Crippen molar-refractivity contribution in [2.75, 3.05) is 0 Å². The van der Waals surface area contributed by atoms with Crippen LogP contribution in [0.3, 0.4) is 0 Å². The van der Waals surface area contributed by atoms with Crippen LogP contribution >= 0.6 is 0 Å². The summed E-state index contributed by atoms with van der Waals surface area (Å²) < 4.78 is 32.6. The summed E-state index contributed by atoms with van der Waals surface area (Å²) in [5.41, 5.74) is 0. The fourth-order valence-electron chi connectivity index (χ4n) is 3.49. The average Bonchev–Trinajstić information content (AvgIpc) is 2.53. The summed E-state index contributed by atoms with van der Waals surface area (Å²) in [5, 5.41) is 22.8. The van der Waals surface area contributed by atoms with Crippen LogP contribution in [0, 0.1) is 11.8 Å². The van der Waals surface area contributed by atoms with E-state index in [1.165, 1.54) is 0 Å². The Bertz CT molecular complexity index is 570. The van der Waals surface area contributed by atoms with Gasteiger partial charge in [0.05, 0.1) is 5.97 Å². The Morgan fingerprint density at radius 3 is 1.67 bits per heavy atom. The number of carbonyl (C=O) groups excluding carboxylic acids is 2. The molecule has 0 aliphatic carbocycles. The van der Waals surface area contributed by atoms with Gasteiger partial charge in [-0.2, -0.15) is 0 Å². The van der Waals surface area contributed by atoms with Crippen LogP contribution in [-0.2, 0) is 19.7 Å². The van der Waals surface area contributed by atoms with Gasteiger partial charge in [0, 0.05) is 12.4 Å². The van der Waals surface area contributed by atoms with E-state index in [9.17, 15) is 32.8 Å². The van der Waals surface area contributed by atoms with Crippen molar-refractivity contribution in [3.8, 4) is 0 Å². The Kier molecular flexibility index (Phi) is 26.4. The molecule has 0 heterocycles. The Morgan fingerprint density at radius 1 is 0.833 bits per heavy atom. The van der Waals surface area contributed by atoms with Gasteiger partial charge in [-0.1, -0.05) is 72.1 Å². The zero-order chi connectivity index (χ0) is 21.1. The number of aliphatic carboxylic acids is 2. The van der Waals surface area contributed by atoms with E-state index in [1.807, 2.05) is 13.8 Å². The van der Waals surface area contributed by atoms with Crippen LogP contribution < -0.4 is 98.9 Å². The van der Waals surface area contributed by atoms with Crippen molar-refractivity contribution in [3.63, 3.8) is 0 Å². The maximum Gasteiger partial charge on any atom is 1.00 e. The second-order valence-corrected chi connectivity index (χ2v) is 9.39. The number of rotatable bonds is 16. The summed E-state index contributed by atoms with van der Waals surface area (Å²) in [6.07, 6.45) is 6.05. The number of carboxylic acid groups (broad SMARTS) is 2. The molecule has 0 aromatic rings. The van der Waals surface area contributed by atoms with Gasteiger partial charge >= 0.3 is 88.7 Å². The number of hydrogen-bond donors (Lipinski definition) is 0. The Hall–Kier alpha value is 1.85. The minimum atomic E-state index is -5.46. The van der Waals surface area contributed by atoms with Gasteiger partial charge in [0.15, 0.2) is 0 Å². The van der Waals surface area contributed by atoms with Crippen LogP contribution in [0.25, 0.3) is 0 Å². The van der Waals surface area contributed by atoms with Crippen molar-refractivity contribution in [1.82, 2.24) is 0 Å². The molecular formula is C19H33Na3O7S. The SMILES string of the molecule is CCCCCCCCCC(CCC(C)C)C(CC(=O)[O-])(C(=O)[O-])S(=O)(=O)[O-].[Na+].[Na+].[Na+]. The first-order valence-corrected chi connectivity index (χ1v) is 11.3. The molecule has 0 aromatic carbocycles. The molecule has 0 rings (SSSR count). The molecular weight excluding hydrogens is 441 g/mol. The largest absolute Gasteiger partial charge is 1.00 e. The van der Waals surface area contributed by atoms with E-state index >= 15 is 0 Å². The summed E-state index contributed by atoms with van der Waals surface area (Å²) in [6, 6.07) is 0. The average molecular weight is 475 g/mol. The van der Waals surface area contributed by atoms with E-state index in [4.69, 9.17) is 0 Å². The van der Waals surface area contributed by atoms with Crippen molar-refractivity contribution >= 4 is 22.1 Å². The van der Waals surface area contributed by atoms with Crippen LogP contribution in [0.2, 0.25) is 0 Å². The number of carbonyl (C=O) groups is 2. The maximum atomic E-state index is 11.9. The van der Waals surface area contributed by atoms with Crippen molar-refractivity contribution in [2.45, 2.75) is 96.1 Å². The van der Waals surface area contributed by atoms with Gasteiger partial charge < -0.3 is 24.4 Å². The smallest absolute Gasteiger partial charge is 0.747 e. The van der Waals surface area contributed by atoms with Crippen molar-refractivity contribution in [1.29, 1.82) is 0 Å². The Labute approximate surface area is 248 Å². The van der Waals surface area contributed by atoms with E-state index in [0.717, 1.165) is 38.5 Å². The normalized spacial score (nSPS) is 13.9. The maximum absolute atomic E-state index is 11.9. The molecule has 2 atom stereocenters. The van der Waals surface area contributed by atoms with E-state index in [-0.39, 0.29) is 107 Å². The molecule has 0 saturated carbocycles. The summed E-state index contributed by atoms with van der Waals surface area (Å²) in [5.74, 6) is -4.98. The van der Waals surface area contributed by atoms with Gasteiger partial charge in [0.25, 0.3) is 0 Å². The molecule has 0 aromatic heterocycles. The van der Waals surface area contributed by atoms with E-state index in [2.05, 4.69) is 6.92 Å². The quantitative estimate of drug-likeness (QED) is 0.123. The van der Waals surface area contributed by atoms with Crippen LogP contribution in [0.15, 0.2) is 0 Å². The first-order chi connectivity index (χ1) is 12.5. The number of hydrogen-bond acceptors (Lipinski definition) is 7. The molecule has 0 amide bonds. The molecule has 11 heteroatoms. The van der Waals surface area contributed by atoms with Crippen LogP contribution in [0.1, 0.15) is 91.4 Å². The number of carboxylic acids is 2. The first-order valence-electron chi connectivity index (χ1n) is 9.85. The third-order valence-corrected chi connectivity index (χ3v) is 6.64. The van der Waals surface area contributed by atoms with E-state index < -0.39 is 39.1 Å². The monoisotopic (exact) mass is 474 g/mol. The predicted octanol–water partition coefficient (Wildman–Crippen LogP) is -7.63. The molecule has 0 saturated heterocycles. The minimum absolute atomic E-state index is 0. The molecule has 0 aliphatic rings. The fourth-order valence-corrected chi connectivity index (χ4v) is 4.63. The molecule has 0 radical (unpaired) electrons. The summed E-state index contributed by atoms with van der Waals surface area (Å²) in [4.78, 5) is 22.8. The molecule has 30 heavy (non-hydrogen) atoms. The van der Waals surface area contributed by atoms with Gasteiger partial charge in [-0.15, -0.1) is 0 Å². The molecule has 0 N–H and O–H groups in total. The molecule has 7 nitrogen and oxygen atoms in total. The predicted molar refractivity (Wildman–Crippen MR) is 97.2 cm³/mol. The molecule has 0 bridgehead atoms. The Morgan fingerprint density at radius 2 is 1.30 bits per heavy atom. The van der Waals surface area contributed by atoms with E-state index in [1.54, 1.807) is 0 Å². The van der Waals surface area contributed by atoms with Crippen LogP contribution in [0.4, 0.5) is 0 Å². The third kappa shape index (κ3) is 14.2. The van der Waals surface area contributed by atoms with Gasteiger partial charge in [-0.3, -0.25) is 0 Å². The molecule has 0 fully saturated rings. The zero-order valence-electron chi connectivity index (χ0n) is 19.7. The summed E-state index contributed by atoms with van der Waals surface area (Å²) in [7, 11) is -5.46. The second kappa shape index (κ2) is 20.2. The van der Waals surface area contributed by atoms with Crippen LogP contribution in [-0.4, -0.2) is 29.7 Å². The standard InChI is InChI=1S/C19H36O7S.3Na/c1-4-5-6-7-8-9-10-11-16(13-12-15(2)3)19(18(22)23,14-17(20)21)27(24,25)26;;;/h15-16H,4-14H2,1-3H3,(H,20,21)(H,22,23)(H,24,25,26);;;/q;3*+1/p-3. The van der Waals surface area contributed by atoms with E-state index in [0.29, 0.717) is 12.8 Å². The van der Waals surface area contributed by atoms with Crippen LogP contribution in [0.5, 0.6) is 0 Å².